The second-order valence-corrected chi connectivity index (χ2v) is 7.39. The molecule has 0 bridgehead atoms. The summed E-state index contributed by atoms with van der Waals surface area (Å²) in [4.78, 5) is 0. The summed E-state index contributed by atoms with van der Waals surface area (Å²) in [5, 5.41) is 0. The molecule has 1 aliphatic rings. The van der Waals surface area contributed by atoms with Crippen LogP contribution in [0.25, 0.3) is 0 Å². The summed E-state index contributed by atoms with van der Waals surface area (Å²) in [5.74, 6) is 0. The summed E-state index contributed by atoms with van der Waals surface area (Å²) in [5.41, 5.74) is -0.141. The minimum Gasteiger partial charge on any atom is -0.0459 e. The first kappa shape index (κ1) is 6.00. The van der Waals surface area contributed by atoms with Crippen molar-refractivity contribution >= 4 is 7.26 Å². The van der Waals surface area contributed by atoms with Gasteiger partial charge >= 0.3 is 0 Å². The van der Waals surface area contributed by atoms with Crippen LogP contribution >= 0.6 is 7.26 Å². The Morgan fingerprint density at radius 2 is 2.10 bits per heavy atom. The Kier molecular flexibility index (Phi) is 1.93. The van der Waals surface area contributed by atoms with Gasteiger partial charge in [0.15, 0.2) is 0 Å². The largest absolute Gasteiger partial charge is 0.0745 e. The van der Waals surface area contributed by atoms with Gasteiger partial charge in [-0.05, 0) is 33.1 Å². The van der Waals surface area contributed by atoms with Gasteiger partial charge < -0.3 is 0 Å². The van der Waals surface area contributed by atoms with E-state index in [0.29, 0.717) is 6.64 Å². The van der Waals surface area contributed by atoms with E-state index in [2.05, 4.69) is 13.8 Å². The van der Waals surface area contributed by atoms with Gasteiger partial charge in [0, 0.05) is 13.9 Å². The van der Waals surface area contributed by atoms with Gasteiger partial charge in [0.05, 0.1) is 20.7 Å². The van der Waals surface area contributed by atoms with E-state index < -0.39 is 7.26 Å². The zero-order valence-corrected chi connectivity index (χ0v) is 8.08. The van der Waals surface area contributed by atoms with Gasteiger partial charge in [-0.25, -0.2) is 0 Å². The number of hydrogen-bond acceptors (Lipinski definition) is 0. The second kappa shape index (κ2) is 3.22. The van der Waals surface area contributed by atoms with Gasteiger partial charge in [0.1, 0.15) is 0 Å². The van der Waals surface area contributed by atoms with Crippen molar-refractivity contribution in [3.8, 4) is 0 Å². The molecule has 1 aliphatic carbocycles. The van der Waals surface area contributed by atoms with Crippen LogP contribution in [0.4, 0.5) is 0 Å². The van der Waals surface area contributed by atoms with Gasteiger partial charge in [-0.2, -0.15) is 0 Å². The normalized spacial score (nSPS) is 26.6. The molecule has 0 amide bonds. The Bertz CT molecular complexity index is 142. The molecule has 10 heavy (non-hydrogen) atoms. The fraction of sp³-hybridized carbons (Fsp3) is 1.00. The number of hydrogen-bond donors (Lipinski definition) is 0. The number of rotatable bonds is 3. The lowest BCUT2D eigenvalue weighted by atomic mass is 10.00. The minimum absolute atomic E-state index is 0.141. The molecule has 0 saturated heterocycles. The first-order valence-electron chi connectivity index (χ1n) is 5.50. The van der Waals surface area contributed by atoms with Crippen LogP contribution in [0, 0.1) is 0 Å². The van der Waals surface area contributed by atoms with Crippen molar-refractivity contribution in [1.29, 1.82) is 0 Å². The van der Waals surface area contributed by atoms with E-state index in [1.54, 1.807) is 0 Å². The molecule has 60 valence electrons. The third-order valence-electron chi connectivity index (χ3n) is 2.81. The molecule has 0 radical (unpaired) electrons. The van der Waals surface area contributed by atoms with Crippen LogP contribution in [0.1, 0.15) is 35.9 Å². The molecular formula is C9H20P+. The summed E-state index contributed by atoms with van der Waals surface area (Å²) >= 11 is 0. The lowest BCUT2D eigenvalue weighted by molar-refractivity contribution is 0.509. The van der Waals surface area contributed by atoms with Gasteiger partial charge in [-0.15, -0.1) is 0 Å². The predicted molar refractivity (Wildman–Crippen MR) is 51.6 cm³/mol. The van der Waals surface area contributed by atoms with Gasteiger partial charge in [0.2, 0.25) is 0 Å². The highest BCUT2D eigenvalue weighted by atomic mass is 31.2. The van der Waals surface area contributed by atoms with Crippen molar-refractivity contribution in [2.75, 3.05) is 19.0 Å². The van der Waals surface area contributed by atoms with Crippen molar-refractivity contribution in [3.05, 3.63) is 0 Å². The first-order chi connectivity index (χ1) is 5.64. The monoisotopic (exact) mass is 161 g/mol. The molecule has 0 aromatic rings. The zero-order valence-electron chi connectivity index (χ0n) is 9.19. The maximum Gasteiger partial charge on any atom is 0.0745 e. The van der Waals surface area contributed by atoms with Crippen LogP contribution in [0.15, 0.2) is 0 Å². The minimum atomic E-state index is -1.22. The SMILES string of the molecule is [2H]C[P+](CC)(CC)C1([2H])CCC1. The Hall–Kier alpha value is 0.430. The molecule has 0 unspecified atom stereocenters. The van der Waals surface area contributed by atoms with Gasteiger partial charge in [-0.3, -0.25) is 0 Å². The van der Waals surface area contributed by atoms with Crippen molar-refractivity contribution in [3.63, 3.8) is 0 Å². The summed E-state index contributed by atoms with van der Waals surface area (Å²) in [7, 11) is -1.22. The van der Waals surface area contributed by atoms with Gasteiger partial charge in [-0.1, -0.05) is 0 Å². The molecule has 1 heteroatoms. The Balaban J connectivity index is 2.75. The summed E-state index contributed by atoms with van der Waals surface area (Å²) in [6.07, 6.45) is 5.58. The maximum absolute atomic E-state index is 8.30. The predicted octanol–water partition coefficient (Wildman–Crippen LogP) is 3.23. The van der Waals surface area contributed by atoms with Crippen molar-refractivity contribution in [2.24, 2.45) is 0 Å². The molecule has 0 aromatic heterocycles. The quantitative estimate of drug-likeness (QED) is 0.557. The van der Waals surface area contributed by atoms with Crippen LogP contribution in [0.5, 0.6) is 0 Å². The summed E-state index contributed by atoms with van der Waals surface area (Å²) in [6, 6.07) is 0. The van der Waals surface area contributed by atoms with Gasteiger partial charge in [0.25, 0.3) is 0 Å². The zero-order chi connectivity index (χ0) is 9.24. The Labute approximate surface area is 68.5 Å². The fourth-order valence-corrected chi connectivity index (χ4v) is 4.09. The van der Waals surface area contributed by atoms with Crippen LogP contribution < -0.4 is 0 Å². The first-order valence-corrected chi connectivity index (χ1v) is 6.64. The van der Waals surface area contributed by atoms with Crippen molar-refractivity contribution in [2.45, 2.75) is 38.7 Å². The molecule has 1 fully saturated rings. The van der Waals surface area contributed by atoms with E-state index in [1.165, 1.54) is 6.42 Å². The van der Waals surface area contributed by atoms with Crippen LogP contribution in [-0.2, 0) is 0 Å². The third kappa shape index (κ3) is 1.37. The highest BCUT2D eigenvalue weighted by Gasteiger charge is 2.41. The molecule has 0 atom stereocenters. The van der Waals surface area contributed by atoms with Crippen LogP contribution in [-0.4, -0.2) is 24.6 Å². The third-order valence-corrected chi connectivity index (χ3v) is 7.02. The fourth-order valence-electron chi connectivity index (χ4n) is 1.48. The molecule has 0 aliphatic heterocycles. The molecule has 0 spiro atoms. The van der Waals surface area contributed by atoms with E-state index in [-0.39, 0.29) is 5.64 Å². The summed E-state index contributed by atoms with van der Waals surface area (Å²) < 4.78 is 15.9. The molecule has 0 nitrogen and oxygen atoms in total. The van der Waals surface area contributed by atoms with Crippen molar-refractivity contribution in [1.82, 2.24) is 0 Å². The lowest BCUT2D eigenvalue weighted by Gasteiger charge is -2.35. The topological polar surface area (TPSA) is 0 Å². The second-order valence-electron chi connectivity index (χ2n) is 3.20. The van der Waals surface area contributed by atoms with E-state index in [0.717, 1.165) is 25.2 Å². The highest BCUT2D eigenvalue weighted by Crippen LogP contribution is 2.64. The molecule has 1 saturated carbocycles. The van der Waals surface area contributed by atoms with E-state index >= 15 is 0 Å². The van der Waals surface area contributed by atoms with Crippen LogP contribution in [0.3, 0.4) is 0 Å². The smallest absolute Gasteiger partial charge is 0.0459 e. The lowest BCUT2D eigenvalue weighted by Crippen LogP contribution is -2.23. The maximum atomic E-state index is 8.30. The molecule has 0 aromatic carbocycles. The van der Waals surface area contributed by atoms with E-state index in [4.69, 9.17) is 2.74 Å². The van der Waals surface area contributed by atoms with E-state index in [9.17, 15) is 0 Å². The average molecular weight is 161 g/mol. The Morgan fingerprint density at radius 1 is 1.50 bits per heavy atom. The summed E-state index contributed by atoms with van der Waals surface area (Å²) in [6.45, 7) is 4.91. The highest BCUT2D eigenvalue weighted by molar-refractivity contribution is 7.75. The van der Waals surface area contributed by atoms with E-state index in [1.807, 2.05) is 0 Å². The molecule has 0 N–H and O–H groups in total. The standard InChI is InChI=1S/C9H20P/c1-4-10(3,5-2)9-7-6-8-9/h9H,4-8H2,1-3H3/q+1/i3D,9D. The Morgan fingerprint density at radius 3 is 2.20 bits per heavy atom. The van der Waals surface area contributed by atoms with Crippen molar-refractivity contribution < 1.29 is 2.74 Å². The van der Waals surface area contributed by atoms with Crippen LogP contribution in [0.2, 0.25) is 0 Å². The average Bonchev–Trinajstić information content (AvgIpc) is 2.05. The molecule has 0 heterocycles. The molecule has 1 rings (SSSR count). The molecular weight excluding hydrogens is 139 g/mol.